The molecule has 2 aliphatic rings. The quantitative estimate of drug-likeness (QED) is 0.697. The molecule has 0 radical (unpaired) electrons. The number of aromatic nitrogens is 3. The van der Waals surface area contributed by atoms with Crippen molar-refractivity contribution < 1.29 is 4.79 Å². The van der Waals surface area contributed by atoms with Crippen LogP contribution in [-0.2, 0) is 25.9 Å². The van der Waals surface area contributed by atoms with E-state index in [9.17, 15) is 9.59 Å². The number of amides is 2. The number of fused-ring (bicyclic) bond motifs is 1. The number of benzene rings is 1. The fourth-order valence-electron chi connectivity index (χ4n) is 4.24. The largest absolute Gasteiger partial charge is 0.345 e. The first-order valence-corrected chi connectivity index (χ1v) is 11.2. The van der Waals surface area contributed by atoms with Crippen LogP contribution in [0.4, 0.5) is 4.79 Å². The van der Waals surface area contributed by atoms with Gasteiger partial charge < -0.3 is 10.2 Å². The lowest BCUT2D eigenvalue weighted by molar-refractivity contribution is 0.140. The van der Waals surface area contributed by atoms with Crippen molar-refractivity contribution in [1.82, 2.24) is 29.5 Å². The second-order valence-electron chi connectivity index (χ2n) is 8.18. The zero-order chi connectivity index (χ0) is 20.8. The second kappa shape index (κ2) is 9.93. The molecule has 4 rings (SSSR count). The second-order valence-corrected chi connectivity index (χ2v) is 8.18. The van der Waals surface area contributed by atoms with Gasteiger partial charge in [-0.05, 0) is 31.2 Å². The Kier molecular flexibility index (Phi) is 6.84. The Hall–Kier alpha value is -2.61. The SMILES string of the molecule is O=C(NCCCn1nc2n(c1=O)CCCC2)N1CCN(CCc2ccccc2)CC1. The topological polar surface area (TPSA) is 75.4 Å². The molecule has 1 aromatic heterocycles. The van der Waals surface area contributed by atoms with Crippen LogP contribution >= 0.6 is 0 Å². The number of rotatable bonds is 7. The first kappa shape index (κ1) is 20.7. The van der Waals surface area contributed by atoms with Gasteiger partial charge in [0.2, 0.25) is 0 Å². The fourth-order valence-corrected chi connectivity index (χ4v) is 4.24. The van der Waals surface area contributed by atoms with E-state index >= 15 is 0 Å². The molecule has 162 valence electrons. The zero-order valence-corrected chi connectivity index (χ0v) is 17.6. The summed E-state index contributed by atoms with van der Waals surface area (Å²) in [5.74, 6) is 0.903. The van der Waals surface area contributed by atoms with E-state index in [4.69, 9.17) is 0 Å². The van der Waals surface area contributed by atoms with Crippen molar-refractivity contribution in [2.45, 2.75) is 45.2 Å². The van der Waals surface area contributed by atoms with Crippen LogP contribution in [0.5, 0.6) is 0 Å². The molecule has 2 aliphatic heterocycles. The first-order valence-electron chi connectivity index (χ1n) is 11.2. The van der Waals surface area contributed by atoms with Gasteiger partial charge in [0.15, 0.2) is 0 Å². The van der Waals surface area contributed by atoms with Crippen molar-refractivity contribution in [2.75, 3.05) is 39.3 Å². The van der Waals surface area contributed by atoms with Crippen LogP contribution in [0.3, 0.4) is 0 Å². The van der Waals surface area contributed by atoms with Gasteiger partial charge in [-0.25, -0.2) is 14.3 Å². The van der Waals surface area contributed by atoms with E-state index in [1.165, 1.54) is 5.56 Å². The normalized spacial score (nSPS) is 17.0. The van der Waals surface area contributed by atoms with Gasteiger partial charge in [-0.1, -0.05) is 30.3 Å². The molecule has 8 heteroatoms. The van der Waals surface area contributed by atoms with Crippen LogP contribution in [0, 0.1) is 0 Å². The number of carbonyl (C=O) groups is 1. The number of hydrogen-bond acceptors (Lipinski definition) is 4. The van der Waals surface area contributed by atoms with Crippen LogP contribution < -0.4 is 11.0 Å². The summed E-state index contributed by atoms with van der Waals surface area (Å²) in [6.45, 7) is 6.26. The molecule has 2 amide bonds. The van der Waals surface area contributed by atoms with E-state index in [2.05, 4.69) is 39.6 Å². The predicted octanol–water partition coefficient (Wildman–Crippen LogP) is 1.34. The Bertz CT molecular complexity index is 883. The summed E-state index contributed by atoms with van der Waals surface area (Å²) in [5, 5.41) is 7.44. The molecule has 1 aromatic carbocycles. The monoisotopic (exact) mass is 412 g/mol. The summed E-state index contributed by atoms with van der Waals surface area (Å²) >= 11 is 0. The average Bonchev–Trinajstić information content (AvgIpc) is 3.12. The maximum atomic E-state index is 12.4. The minimum absolute atomic E-state index is 0.00538. The Morgan fingerprint density at radius 3 is 2.57 bits per heavy atom. The van der Waals surface area contributed by atoms with Crippen LogP contribution in [0.15, 0.2) is 35.1 Å². The van der Waals surface area contributed by atoms with Crippen molar-refractivity contribution in [2.24, 2.45) is 0 Å². The number of piperazine rings is 1. The Morgan fingerprint density at radius 2 is 1.80 bits per heavy atom. The first-order chi connectivity index (χ1) is 14.7. The lowest BCUT2D eigenvalue weighted by atomic mass is 10.1. The minimum atomic E-state index is -0.0114. The predicted molar refractivity (Wildman–Crippen MR) is 116 cm³/mol. The summed E-state index contributed by atoms with van der Waals surface area (Å²) in [6, 6.07) is 10.5. The molecule has 0 bridgehead atoms. The highest BCUT2D eigenvalue weighted by Gasteiger charge is 2.21. The molecule has 1 saturated heterocycles. The third kappa shape index (κ3) is 5.11. The van der Waals surface area contributed by atoms with Gasteiger partial charge in [0, 0.05) is 58.8 Å². The van der Waals surface area contributed by atoms with Gasteiger partial charge in [0.05, 0.1) is 0 Å². The van der Waals surface area contributed by atoms with E-state index in [1.807, 2.05) is 11.0 Å². The molecule has 8 nitrogen and oxygen atoms in total. The highest BCUT2D eigenvalue weighted by atomic mass is 16.2. The van der Waals surface area contributed by atoms with Gasteiger partial charge in [-0.2, -0.15) is 5.10 Å². The zero-order valence-electron chi connectivity index (χ0n) is 17.6. The lowest BCUT2D eigenvalue weighted by Crippen LogP contribution is -2.52. The summed E-state index contributed by atoms with van der Waals surface area (Å²) in [5.41, 5.74) is 1.35. The van der Waals surface area contributed by atoms with Crippen LogP contribution in [0.25, 0.3) is 0 Å². The number of hydrogen-bond donors (Lipinski definition) is 1. The number of carbonyl (C=O) groups excluding carboxylic acids is 1. The maximum absolute atomic E-state index is 12.4. The molecule has 0 spiro atoms. The molecule has 2 aromatic rings. The van der Waals surface area contributed by atoms with Gasteiger partial charge in [-0.3, -0.25) is 9.47 Å². The number of nitrogens with zero attached hydrogens (tertiary/aromatic N) is 5. The van der Waals surface area contributed by atoms with Gasteiger partial charge in [0.1, 0.15) is 5.82 Å². The third-order valence-corrected chi connectivity index (χ3v) is 6.07. The third-order valence-electron chi connectivity index (χ3n) is 6.07. The lowest BCUT2D eigenvalue weighted by Gasteiger charge is -2.34. The van der Waals surface area contributed by atoms with Crippen molar-refractivity contribution >= 4 is 6.03 Å². The van der Waals surface area contributed by atoms with Crippen molar-refractivity contribution in [1.29, 1.82) is 0 Å². The van der Waals surface area contributed by atoms with Gasteiger partial charge in [0.25, 0.3) is 0 Å². The van der Waals surface area contributed by atoms with E-state index < -0.39 is 0 Å². The molecule has 0 aliphatic carbocycles. The summed E-state index contributed by atoms with van der Waals surface area (Å²) in [6.07, 6.45) is 4.79. The summed E-state index contributed by atoms with van der Waals surface area (Å²) in [4.78, 5) is 29.1. The minimum Gasteiger partial charge on any atom is -0.338 e. The van der Waals surface area contributed by atoms with E-state index in [1.54, 1.807) is 9.25 Å². The number of nitrogens with one attached hydrogen (secondary N) is 1. The van der Waals surface area contributed by atoms with Crippen molar-refractivity contribution in [3.8, 4) is 0 Å². The molecule has 1 N–H and O–H groups in total. The van der Waals surface area contributed by atoms with Gasteiger partial charge in [-0.15, -0.1) is 0 Å². The van der Waals surface area contributed by atoms with Crippen LogP contribution in [0.2, 0.25) is 0 Å². The van der Waals surface area contributed by atoms with Crippen LogP contribution in [-0.4, -0.2) is 69.4 Å². The van der Waals surface area contributed by atoms with Crippen LogP contribution in [0.1, 0.15) is 30.7 Å². The van der Waals surface area contributed by atoms with Crippen molar-refractivity contribution in [3.05, 3.63) is 52.2 Å². The highest BCUT2D eigenvalue weighted by molar-refractivity contribution is 5.74. The van der Waals surface area contributed by atoms with Crippen molar-refractivity contribution in [3.63, 3.8) is 0 Å². The van der Waals surface area contributed by atoms with E-state index in [-0.39, 0.29) is 11.7 Å². The summed E-state index contributed by atoms with van der Waals surface area (Å²) in [7, 11) is 0. The molecule has 30 heavy (non-hydrogen) atoms. The van der Waals surface area contributed by atoms with E-state index in [0.29, 0.717) is 19.5 Å². The number of urea groups is 1. The molecular weight excluding hydrogens is 380 g/mol. The standard InChI is InChI=1S/C22H32N6O2/c29-21(23-11-6-13-28-22(30)27-12-5-4-9-20(27)24-28)26-17-15-25(16-18-26)14-10-19-7-2-1-3-8-19/h1-3,7-8H,4-6,9-18H2,(H,23,29). The molecule has 3 heterocycles. The smallest absolute Gasteiger partial charge is 0.338 e. The maximum Gasteiger partial charge on any atom is 0.345 e. The fraction of sp³-hybridized carbons (Fsp3) is 0.591. The van der Waals surface area contributed by atoms with Gasteiger partial charge >= 0.3 is 11.7 Å². The highest BCUT2D eigenvalue weighted by Crippen LogP contribution is 2.09. The Balaban J connectivity index is 1.13. The molecule has 0 saturated carbocycles. The molecular formula is C22H32N6O2. The Morgan fingerprint density at radius 1 is 1.00 bits per heavy atom. The molecule has 0 atom stereocenters. The summed E-state index contributed by atoms with van der Waals surface area (Å²) < 4.78 is 3.34. The average molecular weight is 413 g/mol. The Labute approximate surface area is 177 Å². The number of aryl methyl sites for hydroxylation is 2. The molecule has 0 unspecified atom stereocenters. The molecule has 1 fully saturated rings. The van der Waals surface area contributed by atoms with E-state index in [0.717, 1.165) is 70.8 Å².